The summed E-state index contributed by atoms with van der Waals surface area (Å²) in [6.45, 7) is 2.49. The third-order valence-corrected chi connectivity index (χ3v) is 3.37. The quantitative estimate of drug-likeness (QED) is 0.886. The Morgan fingerprint density at radius 1 is 1.41 bits per heavy atom. The summed E-state index contributed by atoms with van der Waals surface area (Å²) in [5, 5.41) is 7.33. The Balaban J connectivity index is 2.10. The fourth-order valence-corrected chi connectivity index (χ4v) is 2.38. The molecule has 1 heterocycles. The lowest BCUT2D eigenvalue weighted by atomic mass is 10.1. The van der Waals surface area contributed by atoms with Crippen molar-refractivity contribution in [2.45, 2.75) is 19.5 Å². The van der Waals surface area contributed by atoms with Crippen LogP contribution in [0.5, 0.6) is 11.5 Å². The number of carbonyl (C=O) groups is 1. The van der Waals surface area contributed by atoms with Crippen molar-refractivity contribution in [3.63, 3.8) is 0 Å². The highest BCUT2D eigenvalue weighted by Crippen LogP contribution is 2.35. The molecule has 1 aromatic carbocycles. The Bertz CT molecular complexity index is 644. The van der Waals surface area contributed by atoms with Gasteiger partial charge < -0.3 is 14.8 Å². The first-order chi connectivity index (χ1) is 10.5. The number of amides is 1. The molecule has 0 saturated carbocycles. The molecule has 0 aliphatic carbocycles. The Hall–Kier alpha value is -2.21. The van der Waals surface area contributed by atoms with Crippen LogP contribution < -0.4 is 14.8 Å². The molecule has 1 N–H and O–H groups in total. The zero-order chi connectivity index (χ0) is 16.1. The molecule has 22 heavy (non-hydrogen) atoms. The summed E-state index contributed by atoms with van der Waals surface area (Å²) in [5.74, 6) is 0.590. The maximum atomic E-state index is 12.3. The van der Waals surface area contributed by atoms with Crippen LogP contribution in [-0.2, 0) is 6.54 Å². The van der Waals surface area contributed by atoms with E-state index >= 15 is 0 Å². The fourth-order valence-electron chi connectivity index (χ4n) is 2.09. The van der Waals surface area contributed by atoms with E-state index in [9.17, 15) is 4.79 Å². The number of carbonyl (C=O) groups excluding carboxylic acids is 1. The molecule has 0 spiro atoms. The summed E-state index contributed by atoms with van der Waals surface area (Å²) in [7, 11) is 2.99. The van der Waals surface area contributed by atoms with Crippen molar-refractivity contribution in [3.05, 3.63) is 41.2 Å². The molecule has 2 aromatic rings. The van der Waals surface area contributed by atoms with Gasteiger partial charge >= 0.3 is 0 Å². The Morgan fingerprint density at radius 2 is 2.18 bits per heavy atom. The molecule has 7 heteroatoms. The molecule has 0 radical (unpaired) electrons. The first kappa shape index (κ1) is 16.2. The molecule has 2 rings (SSSR count). The van der Waals surface area contributed by atoms with Crippen LogP contribution in [0.2, 0.25) is 5.02 Å². The largest absolute Gasteiger partial charge is 0.493 e. The van der Waals surface area contributed by atoms with Crippen molar-refractivity contribution < 1.29 is 14.3 Å². The molecule has 1 amide bonds. The van der Waals surface area contributed by atoms with Gasteiger partial charge in [0.2, 0.25) is 0 Å². The van der Waals surface area contributed by atoms with Crippen LogP contribution in [-0.4, -0.2) is 35.9 Å². The number of methoxy groups -OCH3 is 2. The van der Waals surface area contributed by atoms with Crippen LogP contribution in [0.3, 0.4) is 0 Å². The molecule has 0 aliphatic rings. The van der Waals surface area contributed by atoms with Crippen LogP contribution in [0.1, 0.15) is 17.3 Å². The van der Waals surface area contributed by atoms with Gasteiger partial charge in [-0.3, -0.25) is 9.48 Å². The van der Waals surface area contributed by atoms with Crippen molar-refractivity contribution >= 4 is 17.5 Å². The lowest BCUT2D eigenvalue weighted by Gasteiger charge is -2.15. The topological polar surface area (TPSA) is 65.4 Å². The van der Waals surface area contributed by atoms with Crippen LogP contribution >= 0.6 is 11.6 Å². The maximum Gasteiger partial charge on any atom is 0.251 e. The van der Waals surface area contributed by atoms with Gasteiger partial charge in [0.15, 0.2) is 11.5 Å². The summed E-state index contributed by atoms with van der Waals surface area (Å²) >= 11 is 6.11. The normalized spacial score (nSPS) is 11.8. The van der Waals surface area contributed by atoms with Crippen molar-refractivity contribution in [3.8, 4) is 11.5 Å². The van der Waals surface area contributed by atoms with Crippen LogP contribution in [0.25, 0.3) is 0 Å². The van der Waals surface area contributed by atoms with E-state index in [2.05, 4.69) is 10.4 Å². The molecular weight excluding hydrogens is 306 g/mol. The van der Waals surface area contributed by atoms with Crippen LogP contribution in [0.4, 0.5) is 0 Å². The summed E-state index contributed by atoms with van der Waals surface area (Å²) in [5.41, 5.74) is 0.412. The van der Waals surface area contributed by atoms with Gasteiger partial charge in [0.05, 0.1) is 25.8 Å². The van der Waals surface area contributed by atoms with E-state index in [1.165, 1.54) is 14.2 Å². The first-order valence-corrected chi connectivity index (χ1v) is 7.12. The lowest BCUT2D eigenvalue weighted by molar-refractivity contribution is 0.0935. The Labute approximate surface area is 134 Å². The van der Waals surface area contributed by atoms with Crippen molar-refractivity contribution in [1.29, 1.82) is 0 Å². The second kappa shape index (κ2) is 7.17. The fraction of sp³-hybridized carbons (Fsp3) is 0.333. The smallest absolute Gasteiger partial charge is 0.251 e. The van der Waals surface area contributed by atoms with Gasteiger partial charge in [-0.15, -0.1) is 0 Å². The molecule has 0 fully saturated rings. The summed E-state index contributed by atoms with van der Waals surface area (Å²) in [6, 6.07) is 4.90. The highest BCUT2D eigenvalue weighted by atomic mass is 35.5. The lowest BCUT2D eigenvalue weighted by Crippen LogP contribution is -2.35. The van der Waals surface area contributed by atoms with Gasteiger partial charge in [-0.25, -0.2) is 0 Å². The Morgan fingerprint density at radius 3 is 2.77 bits per heavy atom. The van der Waals surface area contributed by atoms with E-state index < -0.39 is 0 Å². The van der Waals surface area contributed by atoms with Crippen LogP contribution in [0.15, 0.2) is 30.6 Å². The van der Waals surface area contributed by atoms with Crippen molar-refractivity contribution in [2.24, 2.45) is 0 Å². The number of ether oxygens (including phenoxy) is 2. The van der Waals surface area contributed by atoms with Gasteiger partial charge in [0.1, 0.15) is 0 Å². The molecule has 0 saturated heterocycles. The molecule has 1 atom stereocenters. The summed E-state index contributed by atoms with van der Waals surface area (Å²) in [6.07, 6.45) is 3.54. The summed E-state index contributed by atoms with van der Waals surface area (Å²) < 4.78 is 12.1. The molecule has 0 aliphatic heterocycles. The highest BCUT2D eigenvalue weighted by Gasteiger charge is 2.16. The number of aromatic nitrogens is 2. The number of hydrogen-bond acceptors (Lipinski definition) is 4. The zero-order valence-electron chi connectivity index (χ0n) is 12.7. The summed E-state index contributed by atoms with van der Waals surface area (Å²) in [4.78, 5) is 12.3. The number of halogens is 1. The second-order valence-electron chi connectivity index (χ2n) is 4.80. The van der Waals surface area contributed by atoms with Crippen LogP contribution in [0, 0.1) is 0 Å². The predicted molar refractivity (Wildman–Crippen MR) is 83.7 cm³/mol. The van der Waals surface area contributed by atoms with Gasteiger partial charge in [-0.1, -0.05) is 11.6 Å². The minimum absolute atomic E-state index is 0.0840. The average Bonchev–Trinajstić information content (AvgIpc) is 2.98. The molecule has 6 nitrogen and oxygen atoms in total. The predicted octanol–water partition coefficient (Wildman–Crippen LogP) is 2.37. The third kappa shape index (κ3) is 3.71. The number of nitrogens with one attached hydrogen (secondary N) is 1. The van der Waals surface area contributed by atoms with E-state index in [1.54, 1.807) is 23.0 Å². The zero-order valence-corrected chi connectivity index (χ0v) is 13.4. The van der Waals surface area contributed by atoms with E-state index in [0.717, 1.165) is 0 Å². The third-order valence-electron chi connectivity index (χ3n) is 3.09. The highest BCUT2D eigenvalue weighted by molar-refractivity contribution is 6.32. The standard InChI is InChI=1S/C15H18ClN3O3/c1-10(9-19-6-4-5-17-19)18-15(20)11-7-12(16)14(22-3)13(8-11)21-2/h4-8,10H,9H2,1-3H3,(H,18,20)/t10-/m0/s1. The average molecular weight is 324 g/mol. The van der Waals surface area contributed by atoms with E-state index in [1.807, 2.05) is 19.2 Å². The van der Waals surface area contributed by atoms with Gasteiger partial charge in [-0.2, -0.15) is 5.10 Å². The molecular formula is C15H18ClN3O3. The molecule has 1 aromatic heterocycles. The van der Waals surface area contributed by atoms with Gasteiger partial charge in [0.25, 0.3) is 5.91 Å². The minimum Gasteiger partial charge on any atom is -0.493 e. The molecule has 118 valence electrons. The SMILES string of the molecule is COc1cc(C(=O)N[C@@H](C)Cn2cccn2)cc(Cl)c1OC. The first-order valence-electron chi connectivity index (χ1n) is 6.75. The van der Waals surface area contributed by atoms with Crippen molar-refractivity contribution in [1.82, 2.24) is 15.1 Å². The van der Waals surface area contributed by atoms with E-state index in [4.69, 9.17) is 21.1 Å². The number of hydrogen-bond donors (Lipinski definition) is 1. The second-order valence-corrected chi connectivity index (χ2v) is 5.20. The van der Waals surface area contributed by atoms with Crippen molar-refractivity contribution in [2.75, 3.05) is 14.2 Å². The molecule has 0 bridgehead atoms. The number of nitrogens with zero attached hydrogens (tertiary/aromatic N) is 2. The van der Waals surface area contributed by atoms with Gasteiger partial charge in [0, 0.05) is 24.0 Å². The number of rotatable bonds is 6. The Kier molecular flexibility index (Phi) is 5.27. The van der Waals surface area contributed by atoms with E-state index in [-0.39, 0.29) is 11.9 Å². The molecule has 0 unspecified atom stereocenters. The monoisotopic (exact) mass is 323 g/mol. The van der Waals surface area contributed by atoms with E-state index in [0.29, 0.717) is 28.6 Å². The number of benzene rings is 1. The minimum atomic E-state index is -0.234. The maximum absolute atomic E-state index is 12.3. The van der Waals surface area contributed by atoms with Gasteiger partial charge in [-0.05, 0) is 25.1 Å².